The van der Waals surface area contributed by atoms with E-state index in [0.29, 0.717) is 25.4 Å². The number of morpholine rings is 1. The molecule has 19 heavy (non-hydrogen) atoms. The van der Waals surface area contributed by atoms with Gasteiger partial charge in [0.1, 0.15) is 10.7 Å². The molecule has 0 bridgehead atoms. The van der Waals surface area contributed by atoms with E-state index in [9.17, 15) is 4.79 Å². The van der Waals surface area contributed by atoms with Gasteiger partial charge >= 0.3 is 0 Å². The van der Waals surface area contributed by atoms with Crippen molar-refractivity contribution >= 4 is 28.6 Å². The molecule has 0 radical (unpaired) electrons. The maximum atomic E-state index is 12.3. The van der Waals surface area contributed by atoms with Crippen molar-refractivity contribution in [1.82, 2.24) is 9.88 Å². The van der Waals surface area contributed by atoms with Crippen molar-refractivity contribution < 1.29 is 9.53 Å². The lowest BCUT2D eigenvalue weighted by Crippen LogP contribution is -2.44. The first-order valence-corrected chi connectivity index (χ1v) is 7.95. The lowest BCUT2D eigenvalue weighted by molar-refractivity contribution is -0.0126. The zero-order chi connectivity index (χ0) is 13.2. The molecule has 0 aliphatic carbocycles. The Kier molecular flexibility index (Phi) is 3.63. The van der Waals surface area contributed by atoms with Crippen LogP contribution in [0.1, 0.15) is 17.4 Å². The molecule has 0 aromatic carbocycles. The van der Waals surface area contributed by atoms with Crippen molar-refractivity contribution in [3.8, 4) is 10.6 Å². The van der Waals surface area contributed by atoms with Crippen LogP contribution in [0.4, 0.5) is 0 Å². The summed E-state index contributed by atoms with van der Waals surface area (Å²) in [7, 11) is 0. The third-order valence-electron chi connectivity index (χ3n) is 3.02. The molecular weight excluding hydrogens is 280 g/mol. The van der Waals surface area contributed by atoms with Gasteiger partial charge in [0, 0.05) is 29.4 Å². The number of hydrogen-bond acceptors (Lipinski definition) is 5. The molecular formula is C13H14N2O2S2. The molecule has 100 valence electrons. The second-order valence-electron chi connectivity index (χ2n) is 4.48. The first-order valence-electron chi connectivity index (χ1n) is 6.13. The Labute approximate surface area is 119 Å². The minimum atomic E-state index is 0.00730. The Bertz CT molecular complexity index is 565. The summed E-state index contributed by atoms with van der Waals surface area (Å²) >= 11 is 3.15. The zero-order valence-electron chi connectivity index (χ0n) is 10.5. The summed E-state index contributed by atoms with van der Waals surface area (Å²) in [6, 6.07) is 2.02. The average molecular weight is 294 g/mol. The summed E-state index contributed by atoms with van der Waals surface area (Å²) in [5, 5.41) is 6.81. The quantitative estimate of drug-likeness (QED) is 0.855. The molecule has 1 amide bonds. The van der Waals surface area contributed by atoms with Crippen LogP contribution < -0.4 is 0 Å². The largest absolute Gasteiger partial charge is 0.375 e. The number of aromatic nitrogens is 1. The van der Waals surface area contributed by atoms with Gasteiger partial charge in [-0.05, 0) is 18.4 Å². The minimum Gasteiger partial charge on any atom is -0.375 e. The maximum absolute atomic E-state index is 12.3. The molecule has 0 spiro atoms. The Hall–Kier alpha value is -1.24. The van der Waals surface area contributed by atoms with E-state index < -0.39 is 0 Å². The summed E-state index contributed by atoms with van der Waals surface area (Å²) < 4.78 is 5.45. The lowest BCUT2D eigenvalue weighted by atomic mass is 10.3. The van der Waals surface area contributed by atoms with Crippen LogP contribution in [0.3, 0.4) is 0 Å². The highest BCUT2D eigenvalue weighted by molar-refractivity contribution is 7.14. The summed E-state index contributed by atoms with van der Waals surface area (Å²) in [4.78, 5) is 18.6. The predicted octanol–water partition coefficient (Wildman–Crippen LogP) is 2.73. The molecule has 4 nitrogen and oxygen atoms in total. The smallest absolute Gasteiger partial charge is 0.273 e. The van der Waals surface area contributed by atoms with Crippen LogP contribution in [-0.2, 0) is 4.74 Å². The van der Waals surface area contributed by atoms with Gasteiger partial charge < -0.3 is 9.64 Å². The number of nitrogens with zero attached hydrogens (tertiary/aromatic N) is 2. The van der Waals surface area contributed by atoms with Crippen LogP contribution in [0, 0.1) is 0 Å². The molecule has 2 aromatic rings. The third kappa shape index (κ3) is 2.70. The molecule has 1 saturated heterocycles. The highest BCUT2D eigenvalue weighted by atomic mass is 32.1. The van der Waals surface area contributed by atoms with E-state index in [4.69, 9.17) is 4.74 Å². The van der Waals surface area contributed by atoms with E-state index in [-0.39, 0.29) is 12.0 Å². The van der Waals surface area contributed by atoms with Crippen LogP contribution in [0.25, 0.3) is 10.6 Å². The SMILES string of the molecule is CC1CN(C(=O)c2csc(-c3ccsc3)n2)CCO1. The second kappa shape index (κ2) is 5.40. The van der Waals surface area contributed by atoms with Crippen molar-refractivity contribution in [3.05, 3.63) is 27.9 Å². The molecule has 1 atom stereocenters. The first-order chi connectivity index (χ1) is 9.24. The number of rotatable bonds is 2. The van der Waals surface area contributed by atoms with Gasteiger partial charge in [-0.25, -0.2) is 4.98 Å². The van der Waals surface area contributed by atoms with Gasteiger partial charge in [0.05, 0.1) is 12.7 Å². The highest BCUT2D eigenvalue weighted by Crippen LogP contribution is 2.26. The third-order valence-corrected chi connectivity index (χ3v) is 4.59. The molecule has 2 aromatic heterocycles. The van der Waals surface area contributed by atoms with Gasteiger partial charge in [-0.15, -0.1) is 11.3 Å². The van der Waals surface area contributed by atoms with Crippen molar-refractivity contribution in [2.45, 2.75) is 13.0 Å². The molecule has 1 aliphatic rings. The van der Waals surface area contributed by atoms with Crippen LogP contribution in [0.15, 0.2) is 22.2 Å². The van der Waals surface area contributed by atoms with Gasteiger partial charge in [-0.3, -0.25) is 4.79 Å². The van der Waals surface area contributed by atoms with Gasteiger partial charge in [0.2, 0.25) is 0 Å². The van der Waals surface area contributed by atoms with Crippen LogP contribution in [0.2, 0.25) is 0 Å². The number of carbonyl (C=O) groups is 1. The van der Waals surface area contributed by atoms with Crippen molar-refractivity contribution in [1.29, 1.82) is 0 Å². The Morgan fingerprint density at radius 1 is 1.53 bits per heavy atom. The number of carbonyl (C=O) groups excluding carboxylic acids is 1. The molecule has 3 rings (SSSR count). The molecule has 1 unspecified atom stereocenters. The fourth-order valence-corrected chi connectivity index (χ4v) is 3.56. The van der Waals surface area contributed by atoms with Crippen LogP contribution in [-0.4, -0.2) is 41.6 Å². The van der Waals surface area contributed by atoms with E-state index in [1.54, 1.807) is 11.3 Å². The van der Waals surface area contributed by atoms with Gasteiger partial charge in [-0.1, -0.05) is 0 Å². The molecule has 0 saturated carbocycles. The van der Waals surface area contributed by atoms with E-state index >= 15 is 0 Å². The number of hydrogen-bond donors (Lipinski definition) is 0. The Balaban J connectivity index is 1.77. The van der Waals surface area contributed by atoms with Crippen LogP contribution in [0.5, 0.6) is 0 Å². The van der Waals surface area contributed by atoms with Gasteiger partial charge in [0.15, 0.2) is 0 Å². The molecule has 3 heterocycles. The van der Waals surface area contributed by atoms with Gasteiger partial charge in [0.25, 0.3) is 5.91 Å². The van der Waals surface area contributed by atoms with Gasteiger partial charge in [-0.2, -0.15) is 11.3 Å². The normalized spacial score (nSPS) is 19.6. The molecule has 6 heteroatoms. The summed E-state index contributed by atoms with van der Waals surface area (Å²) in [6.07, 6.45) is 0.104. The van der Waals surface area contributed by atoms with E-state index in [1.807, 2.05) is 34.0 Å². The standard InChI is InChI=1S/C13H14N2O2S2/c1-9-6-15(3-4-17-9)13(16)11-8-19-12(14-11)10-2-5-18-7-10/h2,5,7-9H,3-4,6H2,1H3. The van der Waals surface area contributed by atoms with E-state index in [0.717, 1.165) is 10.6 Å². The van der Waals surface area contributed by atoms with Crippen molar-refractivity contribution in [2.75, 3.05) is 19.7 Å². The summed E-state index contributed by atoms with van der Waals surface area (Å²) in [6.45, 7) is 3.88. The molecule has 1 aliphatic heterocycles. The van der Waals surface area contributed by atoms with Crippen molar-refractivity contribution in [2.24, 2.45) is 0 Å². The average Bonchev–Trinajstić information content (AvgIpc) is 3.08. The monoisotopic (exact) mass is 294 g/mol. The first kappa shape index (κ1) is 12.8. The Morgan fingerprint density at radius 2 is 2.42 bits per heavy atom. The minimum absolute atomic E-state index is 0.00730. The lowest BCUT2D eigenvalue weighted by Gasteiger charge is -2.30. The zero-order valence-corrected chi connectivity index (χ0v) is 12.2. The van der Waals surface area contributed by atoms with E-state index in [1.165, 1.54) is 11.3 Å². The summed E-state index contributed by atoms with van der Waals surface area (Å²) in [5.74, 6) is 0.00730. The Morgan fingerprint density at radius 3 is 3.16 bits per heavy atom. The van der Waals surface area contributed by atoms with E-state index in [2.05, 4.69) is 4.98 Å². The molecule has 0 N–H and O–H groups in total. The number of thiophene rings is 1. The highest BCUT2D eigenvalue weighted by Gasteiger charge is 2.24. The number of amides is 1. The number of thiazole rings is 1. The fourth-order valence-electron chi connectivity index (χ4n) is 2.06. The second-order valence-corrected chi connectivity index (χ2v) is 6.12. The number of ether oxygens (including phenoxy) is 1. The predicted molar refractivity (Wildman–Crippen MR) is 76.7 cm³/mol. The summed E-state index contributed by atoms with van der Waals surface area (Å²) in [5.41, 5.74) is 1.63. The topological polar surface area (TPSA) is 42.4 Å². The maximum Gasteiger partial charge on any atom is 0.273 e. The van der Waals surface area contributed by atoms with Crippen molar-refractivity contribution in [3.63, 3.8) is 0 Å². The molecule has 1 fully saturated rings. The van der Waals surface area contributed by atoms with Crippen LogP contribution >= 0.6 is 22.7 Å². The fraction of sp³-hybridized carbons (Fsp3) is 0.385.